The molecule has 0 radical (unpaired) electrons. The smallest absolute Gasteiger partial charge is 0.208 e. The third-order valence-electron chi connectivity index (χ3n) is 5.15. The molecule has 0 N–H and O–H groups in total. The van der Waals surface area contributed by atoms with Gasteiger partial charge in [-0.1, -0.05) is 0 Å². The van der Waals surface area contributed by atoms with Gasteiger partial charge in [-0.2, -0.15) is 0 Å². The number of Topliss-reactive ketones (excluding diaryl/α,β-unsaturated/α-hetero) is 1. The lowest BCUT2D eigenvalue weighted by Gasteiger charge is -2.29. The van der Waals surface area contributed by atoms with Crippen LogP contribution in [0.1, 0.15) is 21.8 Å². The fourth-order valence-corrected chi connectivity index (χ4v) is 3.74. The van der Waals surface area contributed by atoms with E-state index >= 15 is 0 Å². The number of fused-ring (bicyclic) bond motifs is 1. The highest BCUT2D eigenvalue weighted by Crippen LogP contribution is 2.53. The minimum absolute atomic E-state index is 0.0483. The van der Waals surface area contributed by atoms with Gasteiger partial charge in [0.25, 0.3) is 0 Å². The molecule has 0 aromatic heterocycles. The molecule has 0 aliphatic carbocycles. The van der Waals surface area contributed by atoms with Crippen molar-refractivity contribution in [2.75, 3.05) is 56.4 Å². The first-order valence-electron chi connectivity index (χ1n) is 9.37. The van der Waals surface area contributed by atoms with Gasteiger partial charge in [0.05, 0.1) is 61.2 Å². The van der Waals surface area contributed by atoms with Gasteiger partial charge in [0, 0.05) is 5.56 Å². The van der Waals surface area contributed by atoms with E-state index in [1.54, 1.807) is 12.1 Å². The van der Waals surface area contributed by atoms with Crippen LogP contribution in [0.4, 0.5) is 0 Å². The van der Waals surface area contributed by atoms with Crippen molar-refractivity contribution in [3.63, 3.8) is 0 Å². The van der Waals surface area contributed by atoms with Crippen molar-refractivity contribution in [3.8, 4) is 46.0 Å². The van der Waals surface area contributed by atoms with E-state index in [-0.39, 0.29) is 12.4 Å². The molecule has 2 aromatic carbocycles. The van der Waals surface area contributed by atoms with E-state index in [4.69, 9.17) is 37.9 Å². The molecule has 2 aromatic rings. The first-order valence-corrected chi connectivity index (χ1v) is 9.37. The van der Waals surface area contributed by atoms with Gasteiger partial charge in [-0.05, 0) is 12.1 Å². The summed E-state index contributed by atoms with van der Waals surface area (Å²) in [5.74, 6) is 1.84. The van der Waals surface area contributed by atoms with Gasteiger partial charge in [0.1, 0.15) is 6.61 Å². The topological polar surface area (TPSA) is 90.9 Å². The highest BCUT2D eigenvalue weighted by Gasteiger charge is 2.38. The molecule has 0 saturated carbocycles. The number of carbonyl (C=O) groups is 1. The van der Waals surface area contributed by atoms with Crippen LogP contribution in [0.15, 0.2) is 12.1 Å². The van der Waals surface area contributed by atoms with Gasteiger partial charge in [0.15, 0.2) is 28.8 Å². The van der Waals surface area contributed by atoms with E-state index in [0.29, 0.717) is 57.1 Å². The van der Waals surface area contributed by atoms with Crippen LogP contribution in [-0.4, -0.2) is 62.2 Å². The molecule has 0 spiro atoms. The summed E-state index contributed by atoms with van der Waals surface area (Å²) in [5, 5.41) is 0. The minimum atomic E-state index is -0.695. The molecule has 1 unspecified atom stereocenters. The quantitative estimate of drug-likeness (QED) is 0.621. The molecule has 1 aliphatic heterocycles. The molecule has 3 rings (SSSR count). The lowest BCUT2D eigenvalue weighted by Crippen LogP contribution is -2.27. The maximum atomic E-state index is 13.6. The molecule has 0 saturated heterocycles. The Kier molecular flexibility index (Phi) is 6.53. The standard InChI is InChI=1S/C22H26O9/c1-24-14-8-11(17(26-3)21(29-6)19(14)27-4)13-10-31-18-12(16(13)23)9-15(25-2)20(28-5)22(18)30-7/h8-9,13H,10H2,1-7H3. The third-order valence-corrected chi connectivity index (χ3v) is 5.15. The number of benzene rings is 2. The zero-order valence-electron chi connectivity index (χ0n) is 18.6. The molecule has 9 heteroatoms. The Morgan fingerprint density at radius 3 is 1.71 bits per heavy atom. The molecule has 1 aliphatic rings. The van der Waals surface area contributed by atoms with E-state index in [2.05, 4.69) is 0 Å². The summed E-state index contributed by atoms with van der Waals surface area (Å²) in [4.78, 5) is 13.6. The predicted molar refractivity (Wildman–Crippen MR) is 111 cm³/mol. The van der Waals surface area contributed by atoms with Crippen LogP contribution in [0.25, 0.3) is 0 Å². The predicted octanol–water partition coefficient (Wildman–Crippen LogP) is 3.11. The Balaban J connectivity index is 2.20. The maximum absolute atomic E-state index is 13.6. The van der Waals surface area contributed by atoms with Gasteiger partial charge < -0.3 is 37.9 Å². The average molecular weight is 434 g/mol. The molecule has 9 nitrogen and oxygen atoms in total. The summed E-state index contributed by atoms with van der Waals surface area (Å²) in [7, 11) is 10.4. The molecule has 168 valence electrons. The van der Waals surface area contributed by atoms with E-state index in [9.17, 15) is 4.79 Å². The number of ether oxygens (including phenoxy) is 8. The summed E-state index contributed by atoms with van der Waals surface area (Å²) in [6.07, 6.45) is 0. The van der Waals surface area contributed by atoms with Crippen LogP contribution < -0.4 is 37.9 Å². The molecule has 1 atom stereocenters. The van der Waals surface area contributed by atoms with E-state index in [1.807, 2.05) is 0 Å². The average Bonchev–Trinajstić information content (AvgIpc) is 2.81. The monoisotopic (exact) mass is 434 g/mol. The second kappa shape index (κ2) is 9.11. The number of ketones is 1. The minimum Gasteiger partial charge on any atom is -0.493 e. The number of carbonyl (C=O) groups excluding carboxylic acids is 1. The molecule has 1 heterocycles. The first kappa shape index (κ1) is 22.2. The van der Waals surface area contributed by atoms with Crippen LogP contribution in [0.3, 0.4) is 0 Å². The van der Waals surface area contributed by atoms with Crippen molar-refractivity contribution in [2.24, 2.45) is 0 Å². The number of methoxy groups -OCH3 is 7. The van der Waals surface area contributed by atoms with Crippen molar-refractivity contribution < 1.29 is 42.7 Å². The lowest BCUT2D eigenvalue weighted by atomic mass is 9.87. The molecule has 0 amide bonds. The summed E-state index contributed by atoms with van der Waals surface area (Å²) in [6, 6.07) is 3.27. The maximum Gasteiger partial charge on any atom is 0.208 e. The Hall–Kier alpha value is -3.49. The van der Waals surface area contributed by atoms with Crippen molar-refractivity contribution in [2.45, 2.75) is 5.92 Å². The first-order chi connectivity index (χ1) is 15.0. The number of hydrogen-bond donors (Lipinski definition) is 0. The fourth-order valence-electron chi connectivity index (χ4n) is 3.74. The van der Waals surface area contributed by atoms with Crippen LogP contribution in [-0.2, 0) is 0 Å². The molecular weight excluding hydrogens is 408 g/mol. The SMILES string of the molecule is COc1cc2c(c(OC)c1OC)OCC(c1cc(OC)c(OC)c(OC)c1OC)C2=O. The number of hydrogen-bond acceptors (Lipinski definition) is 9. The van der Waals surface area contributed by atoms with Crippen molar-refractivity contribution in [1.29, 1.82) is 0 Å². The van der Waals surface area contributed by atoms with Crippen LogP contribution >= 0.6 is 0 Å². The third kappa shape index (κ3) is 3.49. The Morgan fingerprint density at radius 1 is 0.677 bits per heavy atom. The van der Waals surface area contributed by atoms with Crippen LogP contribution in [0, 0.1) is 0 Å². The second-order valence-corrected chi connectivity index (χ2v) is 6.52. The fraction of sp³-hybridized carbons (Fsp3) is 0.409. The zero-order valence-corrected chi connectivity index (χ0v) is 18.6. The van der Waals surface area contributed by atoms with Crippen molar-refractivity contribution in [3.05, 3.63) is 23.3 Å². The molecule has 31 heavy (non-hydrogen) atoms. The van der Waals surface area contributed by atoms with Crippen molar-refractivity contribution in [1.82, 2.24) is 0 Å². The normalized spacial score (nSPS) is 14.8. The lowest BCUT2D eigenvalue weighted by molar-refractivity contribution is 0.0888. The van der Waals surface area contributed by atoms with Crippen LogP contribution in [0.5, 0.6) is 46.0 Å². The Bertz CT molecular complexity index is 984. The summed E-state index contributed by atoms with van der Waals surface area (Å²) in [5.41, 5.74) is 0.850. The Morgan fingerprint density at radius 2 is 1.19 bits per heavy atom. The zero-order chi connectivity index (χ0) is 22.7. The highest BCUT2D eigenvalue weighted by molar-refractivity contribution is 6.06. The van der Waals surface area contributed by atoms with Gasteiger partial charge in [-0.25, -0.2) is 0 Å². The Labute approximate surface area is 180 Å². The second-order valence-electron chi connectivity index (χ2n) is 6.52. The van der Waals surface area contributed by atoms with Crippen LogP contribution in [0.2, 0.25) is 0 Å². The molecule has 0 fully saturated rings. The van der Waals surface area contributed by atoms with Gasteiger partial charge in [-0.15, -0.1) is 0 Å². The van der Waals surface area contributed by atoms with E-state index in [1.165, 1.54) is 49.8 Å². The molecular formula is C22H26O9. The number of rotatable bonds is 8. The summed E-state index contributed by atoms with van der Waals surface area (Å²) < 4.78 is 44.2. The van der Waals surface area contributed by atoms with E-state index in [0.717, 1.165) is 0 Å². The van der Waals surface area contributed by atoms with E-state index < -0.39 is 5.92 Å². The van der Waals surface area contributed by atoms with Crippen molar-refractivity contribution >= 4 is 5.78 Å². The van der Waals surface area contributed by atoms with Gasteiger partial charge in [-0.3, -0.25) is 4.79 Å². The van der Waals surface area contributed by atoms with Gasteiger partial charge >= 0.3 is 0 Å². The summed E-state index contributed by atoms with van der Waals surface area (Å²) >= 11 is 0. The summed E-state index contributed by atoms with van der Waals surface area (Å²) in [6.45, 7) is 0.0483. The van der Waals surface area contributed by atoms with Gasteiger partial charge in [0.2, 0.25) is 23.0 Å². The molecule has 0 bridgehead atoms. The largest absolute Gasteiger partial charge is 0.493 e. The highest BCUT2D eigenvalue weighted by atomic mass is 16.6.